The molecule has 0 radical (unpaired) electrons. The van der Waals surface area contributed by atoms with Crippen LogP contribution in [0.2, 0.25) is 10.0 Å². The fourth-order valence-electron chi connectivity index (χ4n) is 2.03. The molecular formula is C17H18Cl2N2O. The zero-order valence-corrected chi connectivity index (χ0v) is 13.8. The van der Waals surface area contributed by atoms with Crippen LogP contribution in [0.3, 0.4) is 0 Å². The predicted molar refractivity (Wildman–Crippen MR) is 94.0 cm³/mol. The molecule has 2 N–H and O–H groups in total. The number of rotatable bonds is 6. The van der Waals surface area contributed by atoms with Crippen molar-refractivity contribution in [2.75, 3.05) is 17.2 Å². The number of halogens is 2. The number of carbonyl (C=O) groups excluding carboxylic acids is 1. The molecule has 2 aromatic carbocycles. The topological polar surface area (TPSA) is 41.1 Å². The lowest BCUT2D eigenvalue weighted by molar-refractivity contribution is -0.115. The van der Waals surface area contributed by atoms with Crippen molar-refractivity contribution in [3.63, 3.8) is 0 Å². The molecule has 0 bridgehead atoms. The van der Waals surface area contributed by atoms with Gasteiger partial charge in [0.15, 0.2) is 0 Å². The van der Waals surface area contributed by atoms with Crippen LogP contribution in [0.25, 0.3) is 0 Å². The Bertz CT molecular complexity index is 621. The number of amides is 1. The van der Waals surface area contributed by atoms with Crippen LogP contribution in [0.15, 0.2) is 42.5 Å². The summed E-state index contributed by atoms with van der Waals surface area (Å²) in [5, 5.41) is 7.00. The summed E-state index contributed by atoms with van der Waals surface area (Å²) in [5.74, 6) is -0.0870. The van der Waals surface area contributed by atoms with Gasteiger partial charge < -0.3 is 10.6 Å². The average molecular weight is 337 g/mol. The summed E-state index contributed by atoms with van der Waals surface area (Å²) in [5.41, 5.74) is 2.91. The Labute approximate surface area is 140 Å². The van der Waals surface area contributed by atoms with Crippen LogP contribution in [0.1, 0.15) is 18.9 Å². The molecule has 116 valence electrons. The summed E-state index contributed by atoms with van der Waals surface area (Å²) in [6, 6.07) is 13.2. The molecule has 1 amide bonds. The molecule has 0 heterocycles. The molecule has 2 aromatic rings. The van der Waals surface area contributed by atoms with Crippen LogP contribution in [-0.2, 0) is 11.2 Å². The van der Waals surface area contributed by atoms with E-state index in [2.05, 4.69) is 29.7 Å². The summed E-state index contributed by atoms with van der Waals surface area (Å²) < 4.78 is 0. The predicted octanol–water partition coefficient (Wildman–Crippen LogP) is 5.00. The quantitative estimate of drug-likeness (QED) is 0.779. The van der Waals surface area contributed by atoms with Crippen molar-refractivity contribution in [2.24, 2.45) is 0 Å². The lowest BCUT2D eigenvalue weighted by Gasteiger charge is -2.08. The Balaban J connectivity index is 1.79. The lowest BCUT2D eigenvalue weighted by Crippen LogP contribution is -2.16. The summed E-state index contributed by atoms with van der Waals surface area (Å²) >= 11 is 11.8. The number of hydrogen-bond acceptors (Lipinski definition) is 2. The number of benzene rings is 2. The average Bonchev–Trinajstić information content (AvgIpc) is 2.47. The fraction of sp³-hybridized carbons (Fsp3) is 0.235. The van der Waals surface area contributed by atoms with Crippen LogP contribution in [-0.4, -0.2) is 12.5 Å². The van der Waals surface area contributed by atoms with E-state index in [1.807, 2.05) is 12.1 Å². The normalized spacial score (nSPS) is 10.3. The molecule has 3 nitrogen and oxygen atoms in total. The summed E-state index contributed by atoms with van der Waals surface area (Å²) in [7, 11) is 0. The molecule has 0 aliphatic heterocycles. The highest BCUT2D eigenvalue weighted by atomic mass is 35.5. The molecule has 0 spiro atoms. The second-order valence-corrected chi connectivity index (χ2v) is 5.81. The number of carbonyl (C=O) groups is 1. The van der Waals surface area contributed by atoms with E-state index in [-0.39, 0.29) is 5.91 Å². The maximum Gasteiger partial charge on any atom is 0.226 e. The number of anilines is 2. The molecule has 5 heteroatoms. The van der Waals surface area contributed by atoms with Crippen molar-refractivity contribution in [3.05, 3.63) is 58.1 Å². The van der Waals surface area contributed by atoms with Crippen molar-refractivity contribution >= 4 is 40.5 Å². The summed E-state index contributed by atoms with van der Waals surface area (Å²) in [4.78, 5) is 11.9. The highest BCUT2D eigenvalue weighted by molar-refractivity contribution is 6.35. The second kappa shape index (κ2) is 8.06. The van der Waals surface area contributed by atoms with Crippen molar-refractivity contribution in [1.29, 1.82) is 0 Å². The van der Waals surface area contributed by atoms with Crippen LogP contribution >= 0.6 is 23.2 Å². The van der Waals surface area contributed by atoms with Crippen LogP contribution < -0.4 is 10.6 Å². The first-order chi connectivity index (χ1) is 10.6. The third-order valence-electron chi connectivity index (χ3n) is 3.19. The van der Waals surface area contributed by atoms with Gasteiger partial charge in [0, 0.05) is 34.4 Å². The first-order valence-electron chi connectivity index (χ1n) is 7.15. The van der Waals surface area contributed by atoms with E-state index in [4.69, 9.17) is 23.2 Å². The monoisotopic (exact) mass is 336 g/mol. The van der Waals surface area contributed by atoms with Crippen molar-refractivity contribution in [3.8, 4) is 0 Å². The minimum atomic E-state index is -0.0870. The molecule has 0 fully saturated rings. The van der Waals surface area contributed by atoms with E-state index >= 15 is 0 Å². The third-order valence-corrected chi connectivity index (χ3v) is 3.63. The van der Waals surface area contributed by atoms with Gasteiger partial charge in [0.05, 0.1) is 0 Å². The smallest absolute Gasteiger partial charge is 0.226 e. The van der Waals surface area contributed by atoms with Gasteiger partial charge in [0.25, 0.3) is 0 Å². The Morgan fingerprint density at radius 3 is 2.23 bits per heavy atom. The van der Waals surface area contributed by atoms with Crippen LogP contribution in [0.5, 0.6) is 0 Å². The first-order valence-corrected chi connectivity index (χ1v) is 7.91. The van der Waals surface area contributed by atoms with Gasteiger partial charge in [-0.3, -0.25) is 4.79 Å². The molecule has 0 atom stereocenters. The van der Waals surface area contributed by atoms with Crippen LogP contribution in [0.4, 0.5) is 11.4 Å². The van der Waals surface area contributed by atoms with Crippen molar-refractivity contribution in [1.82, 2.24) is 0 Å². The van der Waals surface area contributed by atoms with Gasteiger partial charge >= 0.3 is 0 Å². The third kappa shape index (κ3) is 5.24. The van der Waals surface area contributed by atoms with Gasteiger partial charge in [-0.1, -0.05) is 42.3 Å². The van der Waals surface area contributed by atoms with E-state index in [1.54, 1.807) is 18.2 Å². The zero-order valence-electron chi connectivity index (χ0n) is 12.3. The van der Waals surface area contributed by atoms with Crippen molar-refractivity contribution < 1.29 is 4.79 Å². The number of aryl methyl sites for hydroxylation is 1. The van der Waals surface area contributed by atoms with Gasteiger partial charge in [-0.05, 0) is 42.3 Å². The van der Waals surface area contributed by atoms with E-state index in [0.29, 0.717) is 28.7 Å². The van der Waals surface area contributed by atoms with Gasteiger partial charge in [-0.2, -0.15) is 0 Å². The van der Waals surface area contributed by atoms with E-state index in [9.17, 15) is 4.79 Å². The Kier molecular flexibility index (Phi) is 6.10. The van der Waals surface area contributed by atoms with Crippen molar-refractivity contribution in [2.45, 2.75) is 19.8 Å². The Hall–Kier alpha value is -1.71. The number of nitrogens with one attached hydrogen (secondary N) is 2. The fourth-order valence-corrected chi connectivity index (χ4v) is 2.55. The molecule has 0 aliphatic rings. The SMILES string of the molecule is CCc1ccc(NCCC(=O)Nc2cc(Cl)cc(Cl)c2)cc1. The Morgan fingerprint density at radius 1 is 1.00 bits per heavy atom. The molecule has 0 aliphatic carbocycles. The standard InChI is InChI=1S/C17H18Cl2N2O/c1-2-12-3-5-15(6-4-12)20-8-7-17(22)21-16-10-13(18)9-14(19)11-16/h3-6,9-11,20H,2,7-8H2,1H3,(H,21,22). The lowest BCUT2D eigenvalue weighted by atomic mass is 10.1. The largest absolute Gasteiger partial charge is 0.385 e. The van der Waals surface area contributed by atoms with Gasteiger partial charge in [0.2, 0.25) is 5.91 Å². The zero-order chi connectivity index (χ0) is 15.9. The summed E-state index contributed by atoms with van der Waals surface area (Å²) in [6.45, 7) is 2.68. The maximum atomic E-state index is 11.9. The molecule has 0 saturated carbocycles. The molecule has 0 aromatic heterocycles. The first kappa shape index (κ1) is 16.7. The van der Waals surface area contributed by atoms with Crippen LogP contribution in [0, 0.1) is 0 Å². The minimum Gasteiger partial charge on any atom is -0.385 e. The maximum absolute atomic E-state index is 11.9. The highest BCUT2D eigenvalue weighted by Crippen LogP contribution is 2.22. The molecule has 0 saturated heterocycles. The minimum absolute atomic E-state index is 0.0870. The summed E-state index contributed by atoms with van der Waals surface area (Å²) in [6.07, 6.45) is 1.38. The van der Waals surface area contributed by atoms with E-state index < -0.39 is 0 Å². The highest BCUT2D eigenvalue weighted by Gasteiger charge is 2.04. The van der Waals surface area contributed by atoms with E-state index in [1.165, 1.54) is 5.56 Å². The van der Waals surface area contributed by atoms with Gasteiger partial charge in [-0.15, -0.1) is 0 Å². The number of hydrogen-bond donors (Lipinski definition) is 2. The van der Waals surface area contributed by atoms with E-state index in [0.717, 1.165) is 12.1 Å². The molecule has 2 rings (SSSR count). The van der Waals surface area contributed by atoms with Gasteiger partial charge in [0.1, 0.15) is 0 Å². The molecular weight excluding hydrogens is 319 g/mol. The second-order valence-electron chi connectivity index (χ2n) is 4.93. The Morgan fingerprint density at radius 2 is 1.64 bits per heavy atom. The van der Waals surface area contributed by atoms with Gasteiger partial charge in [-0.25, -0.2) is 0 Å². The molecule has 0 unspecified atom stereocenters. The molecule has 22 heavy (non-hydrogen) atoms.